The average Bonchev–Trinajstić information content (AvgIpc) is 3.33. The molecule has 1 aliphatic carbocycles. The van der Waals surface area contributed by atoms with Crippen LogP contribution in [0.3, 0.4) is 0 Å². The van der Waals surface area contributed by atoms with Crippen molar-refractivity contribution in [2.75, 3.05) is 7.11 Å². The molecular formula is C26H23F2NO4. The summed E-state index contributed by atoms with van der Waals surface area (Å²) < 4.78 is 38.3. The fraction of sp³-hybridized carbons (Fsp3) is 0.269. The lowest BCUT2D eigenvalue weighted by atomic mass is 9.90. The van der Waals surface area contributed by atoms with Crippen molar-refractivity contribution in [3.63, 3.8) is 0 Å². The van der Waals surface area contributed by atoms with E-state index in [1.165, 1.54) is 43.5 Å². The van der Waals surface area contributed by atoms with Crippen molar-refractivity contribution >= 4 is 12.3 Å². The molecule has 1 saturated carbocycles. The topological polar surface area (TPSA) is 65.5 Å². The van der Waals surface area contributed by atoms with Gasteiger partial charge in [-0.25, -0.2) is 13.8 Å². The molecule has 1 aromatic heterocycles. The van der Waals surface area contributed by atoms with Crippen molar-refractivity contribution in [1.82, 2.24) is 4.98 Å². The van der Waals surface area contributed by atoms with Crippen LogP contribution >= 0.6 is 0 Å². The summed E-state index contributed by atoms with van der Waals surface area (Å²) in [5.41, 5.74) is 2.46. The Labute approximate surface area is 190 Å². The van der Waals surface area contributed by atoms with E-state index in [4.69, 9.17) is 9.47 Å². The molecule has 5 nitrogen and oxygen atoms in total. The standard InChI is InChI=1S/C26H23F2NO4/c1-32-23(31)14-21-24(16-6-10-18(27)11-7-16)22(15-30)26(33-20-4-2-3-5-20)29-25(21)17-8-12-19(28)13-9-17/h6-13,15,20H,2-5,14H2,1H3. The quantitative estimate of drug-likeness (QED) is 0.348. The number of carbonyl (C=O) groups excluding carboxylic acids is 2. The third-order valence-corrected chi connectivity index (χ3v) is 5.80. The summed E-state index contributed by atoms with van der Waals surface area (Å²) >= 11 is 0. The van der Waals surface area contributed by atoms with Crippen LogP contribution in [0.5, 0.6) is 5.88 Å². The first kappa shape index (κ1) is 22.6. The lowest BCUT2D eigenvalue weighted by Crippen LogP contribution is -2.16. The predicted molar refractivity (Wildman–Crippen MR) is 119 cm³/mol. The molecule has 0 amide bonds. The molecule has 1 fully saturated rings. The second-order valence-corrected chi connectivity index (χ2v) is 7.94. The number of nitrogens with zero attached hydrogens (tertiary/aromatic N) is 1. The van der Waals surface area contributed by atoms with Gasteiger partial charge in [-0.05, 0) is 73.2 Å². The maximum atomic E-state index is 13.7. The number of ether oxygens (including phenoxy) is 2. The Balaban J connectivity index is 2.00. The van der Waals surface area contributed by atoms with Crippen molar-refractivity contribution in [3.8, 4) is 28.3 Å². The molecule has 7 heteroatoms. The summed E-state index contributed by atoms with van der Waals surface area (Å²) in [6, 6.07) is 11.3. The Bertz CT molecular complexity index is 1150. The van der Waals surface area contributed by atoms with Crippen LogP contribution in [0.25, 0.3) is 22.4 Å². The van der Waals surface area contributed by atoms with E-state index in [-0.39, 0.29) is 24.0 Å². The smallest absolute Gasteiger partial charge is 0.310 e. The van der Waals surface area contributed by atoms with Crippen LogP contribution in [0.15, 0.2) is 48.5 Å². The highest BCUT2D eigenvalue weighted by Gasteiger charge is 2.27. The van der Waals surface area contributed by atoms with Gasteiger partial charge in [-0.2, -0.15) is 0 Å². The number of benzene rings is 2. The fourth-order valence-electron chi connectivity index (χ4n) is 4.16. The number of hydrogen-bond donors (Lipinski definition) is 0. The van der Waals surface area contributed by atoms with Crippen molar-refractivity contribution in [3.05, 3.63) is 71.3 Å². The summed E-state index contributed by atoms with van der Waals surface area (Å²) in [6.45, 7) is 0. The zero-order chi connectivity index (χ0) is 23.4. The van der Waals surface area contributed by atoms with Gasteiger partial charge in [-0.15, -0.1) is 0 Å². The van der Waals surface area contributed by atoms with Gasteiger partial charge in [-0.1, -0.05) is 12.1 Å². The number of aromatic nitrogens is 1. The van der Waals surface area contributed by atoms with Crippen molar-refractivity contribution in [1.29, 1.82) is 0 Å². The summed E-state index contributed by atoms with van der Waals surface area (Å²) in [4.78, 5) is 29.3. The number of methoxy groups -OCH3 is 1. The molecule has 0 bridgehead atoms. The molecule has 0 unspecified atom stereocenters. The summed E-state index contributed by atoms with van der Waals surface area (Å²) in [5.74, 6) is -1.25. The van der Waals surface area contributed by atoms with Crippen LogP contribution in [0.1, 0.15) is 41.6 Å². The van der Waals surface area contributed by atoms with Gasteiger partial charge in [0, 0.05) is 11.1 Å². The van der Waals surface area contributed by atoms with E-state index in [0.717, 1.165) is 25.7 Å². The molecule has 2 aromatic carbocycles. The Hall–Kier alpha value is -3.61. The summed E-state index contributed by atoms with van der Waals surface area (Å²) in [5, 5.41) is 0. The maximum Gasteiger partial charge on any atom is 0.310 e. The van der Waals surface area contributed by atoms with Gasteiger partial charge in [-0.3, -0.25) is 9.59 Å². The molecule has 0 N–H and O–H groups in total. The highest BCUT2D eigenvalue weighted by atomic mass is 19.1. The Kier molecular flexibility index (Phi) is 6.77. The van der Waals surface area contributed by atoms with Crippen LogP contribution in [-0.4, -0.2) is 30.5 Å². The first-order valence-corrected chi connectivity index (χ1v) is 10.8. The molecule has 3 aromatic rings. The molecule has 0 spiro atoms. The van der Waals surface area contributed by atoms with Crippen LogP contribution in [0.2, 0.25) is 0 Å². The van der Waals surface area contributed by atoms with E-state index >= 15 is 0 Å². The molecule has 4 rings (SSSR count). The predicted octanol–water partition coefficient (Wildman–Crippen LogP) is 5.54. The van der Waals surface area contributed by atoms with Gasteiger partial charge < -0.3 is 9.47 Å². The first-order chi connectivity index (χ1) is 16.0. The summed E-state index contributed by atoms with van der Waals surface area (Å²) in [6.07, 6.45) is 4.13. The Morgan fingerprint density at radius 2 is 1.58 bits per heavy atom. The molecule has 1 aliphatic rings. The monoisotopic (exact) mass is 451 g/mol. The van der Waals surface area contributed by atoms with Crippen LogP contribution in [0, 0.1) is 11.6 Å². The van der Waals surface area contributed by atoms with Gasteiger partial charge >= 0.3 is 5.97 Å². The second-order valence-electron chi connectivity index (χ2n) is 7.94. The fourth-order valence-corrected chi connectivity index (χ4v) is 4.16. The molecule has 0 atom stereocenters. The number of carbonyl (C=O) groups is 2. The molecule has 0 aliphatic heterocycles. The number of pyridine rings is 1. The number of aldehydes is 1. The van der Waals surface area contributed by atoms with Gasteiger partial charge in [0.25, 0.3) is 0 Å². The van der Waals surface area contributed by atoms with E-state index in [1.54, 1.807) is 12.1 Å². The Morgan fingerprint density at radius 1 is 1.00 bits per heavy atom. The lowest BCUT2D eigenvalue weighted by Gasteiger charge is -2.21. The summed E-state index contributed by atoms with van der Waals surface area (Å²) in [7, 11) is 1.27. The van der Waals surface area contributed by atoms with Crippen molar-refractivity contribution in [2.45, 2.75) is 38.2 Å². The SMILES string of the molecule is COC(=O)Cc1c(-c2ccc(F)cc2)nc(OC2CCCC2)c(C=O)c1-c1ccc(F)cc1. The minimum Gasteiger partial charge on any atom is -0.474 e. The van der Waals surface area contributed by atoms with Crippen LogP contribution < -0.4 is 4.74 Å². The molecule has 170 valence electrons. The largest absolute Gasteiger partial charge is 0.474 e. The van der Waals surface area contributed by atoms with E-state index < -0.39 is 17.6 Å². The van der Waals surface area contributed by atoms with Crippen LogP contribution in [0.4, 0.5) is 8.78 Å². The number of rotatable bonds is 7. The zero-order valence-corrected chi connectivity index (χ0v) is 18.1. The van der Waals surface area contributed by atoms with E-state index in [0.29, 0.717) is 34.2 Å². The van der Waals surface area contributed by atoms with Crippen molar-refractivity contribution < 1.29 is 27.8 Å². The third-order valence-electron chi connectivity index (χ3n) is 5.80. The zero-order valence-electron chi connectivity index (χ0n) is 18.1. The molecule has 0 radical (unpaired) electrons. The van der Waals surface area contributed by atoms with E-state index in [2.05, 4.69) is 4.98 Å². The second kappa shape index (κ2) is 9.90. The average molecular weight is 451 g/mol. The molecule has 33 heavy (non-hydrogen) atoms. The third kappa shape index (κ3) is 4.92. The van der Waals surface area contributed by atoms with Gasteiger partial charge in [0.1, 0.15) is 17.7 Å². The van der Waals surface area contributed by atoms with Crippen LogP contribution in [-0.2, 0) is 16.0 Å². The van der Waals surface area contributed by atoms with Crippen molar-refractivity contribution in [2.24, 2.45) is 0 Å². The van der Waals surface area contributed by atoms with E-state index in [9.17, 15) is 18.4 Å². The minimum atomic E-state index is -0.537. The Morgan fingerprint density at radius 3 is 2.12 bits per heavy atom. The molecular weight excluding hydrogens is 428 g/mol. The first-order valence-electron chi connectivity index (χ1n) is 10.8. The van der Waals surface area contributed by atoms with Gasteiger partial charge in [0.15, 0.2) is 6.29 Å². The van der Waals surface area contributed by atoms with E-state index in [1.807, 2.05) is 0 Å². The highest BCUT2D eigenvalue weighted by molar-refractivity contribution is 5.96. The lowest BCUT2D eigenvalue weighted by molar-refractivity contribution is -0.139. The maximum absolute atomic E-state index is 13.7. The number of esters is 1. The minimum absolute atomic E-state index is 0.0789. The highest BCUT2D eigenvalue weighted by Crippen LogP contribution is 2.39. The molecule has 0 saturated heterocycles. The van der Waals surface area contributed by atoms with Gasteiger partial charge in [0.2, 0.25) is 5.88 Å². The normalized spacial score (nSPS) is 13.7. The molecule has 1 heterocycles. The number of hydrogen-bond acceptors (Lipinski definition) is 5. The number of halogens is 2. The van der Waals surface area contributed by atoms with Gasteiger partial charge in [0.05, 0.1) is 24.8 Å².